The van der Waals surface area contributed by atoms with Crippen molar-refractivity contribution >= 4 is 34.6 Å². The van der Waals surface area contributed by atoms with E-state index in [2.05, 4.69) is 17.3 Å². The second-order valence-electron chi connectivity index (χ2n) is 5.56. The van der Waals surface area contributed by atoms with Gasteiger partial charge in [-0.1, -0.05) is 11.6 Å². The first-order valence-corrected chi connectivity index (χ1v) is 7.85. The van der Waals surface area contributed by atoms with Crippen LogP contribution in [0.3, 0.4) is 0 Å². The first kappa shape index (κ1) is 15.1. The highest BCUT2D eigenvalue weighted by Crippen LogP contribution is 2.36. The third-order valence-corrected chi connectivity index (χ3v) is 4.30. The summed E-state index contributed by atoms with van der Waals surface area (Å²) in [6.07, 6.45) is 4.17. The number of rotatable bonds is 3. The van der Waals surface area contributed by atoms with Crippen molar-refractivity contribution in [3.8, 4) is 0 Å². The van der Waals surface area contributed by atoms with E-state index in [-0.39, 0.29) is 5.91 Å². The Kier molecular flexibility index (Phi) is 4.23. The molecule has 0 radical (unpaired) electrons. The van der Waals surface area contributed by atoms with E-state index in [1.54, 1.807) is 6.08 Å². The van der Waals surface area contributed by atoms with Gasteiger partial charge in [0.15, 0.2) is 0 Å². The number of nitrogens with zero attached hydrogens (tertiary/aromatic N) is 1. The van der Waals surface area contributed by atoms with Gasteiger partial charge in [0.2, 0.25) is 5.91 Å². The molecule has 22 heavy (non-hydrogen) atoms. The van der Waals surface area contributed by atoms with Gasteiger partial charge < -0.3 is 14.6 Å². The van der Waals surface area contributed by atoms with E-state index in [9.17, 15) is 4.79 Å². The highest BCUT2D eigenvalue weighted by atomic mass is 35.5. The number of carbonyl (C=O) groups excluding carboxylic acids is 1. The Hall–Kier alpha value is -1.78. The standard InChI is InChI=1S/C17H19ClN2O2/c1-3-19-16(21)7-6-14-12-10-20(2)9-8-11-13(18)4-5-15(22-14)17(11)12/h4-7H,3,8-10H2,1-2H3,(H,19,21)/b7-6+. The van der Waals surface area contributed by atoms with Gasteiger partial charge in [-0.3, -0.25) is 4.79 Å². The molecule has 2 heterocycles. The van der Waals surface area contributed by atoms with Crippen molar-refractivity contribution < 1.29 is 9.21 Å². The van der Waals surface area contributed by atoms with Crippen LogP contribution in [0.5, 0.6) is 0 Å². The number of halogens is 1. The third-order valence-electron chi connectivity index (χ3n) is 3.95. The monoisotopic (exact) mass is 318 g/mol. The van der Waals surface area contributed by atoms with Gasteiger partial charge in [-0.05, 0) is 44.2 Å². The van der Waals surface area contributed by atoms with E-state index < -0.39 is 0 Å². The predicted molar refractivity (Wildman–Crippen MR) is 89.0 cm³/mol. The summed E-state index contributed by atoms with van der Waals surface area (Å²) in [6, 6.07) is 3.79. The molecule has 0 saturated carbocycles. The second-order valence-corrected chi connectivity index (χ2v) is 5.97. The summed E-state index contributed by atoms with van der Waals surface area (Å²) >= 11 is 6.37. The number of nitrogens with one attached hydrogen (secondary N) is 1. The Morgan fingerprint density at radius 1 is 1.45 bits per heavy atom. The fraction of sp³-hybridized carbons (Fsp3) is 0.353. The summed E-state index contributed by atoms with van der Waals surface area (Å²) < 4.78 is 5.95. The smallest absolute Gasteiger partial charge is 0.244 e. The van der Waals surface area contributed by atoms with Crippen LogP contribution < -0.4 is 5.32 Å². The molecule has 0 spiro atoms. The molecule has 1 aliphatic heterocycles. The SMILES string of the molecule is CCNC(=O)/C=C/c1oc2ccc(Cl)c3c2c1CN(C)CC3. The molecular weight excluding hydrogens is 300 g/mol. The Balaban J connectivity index is 2.10. The van der Waals surface area contributed by atoms with Gasteiger partial charge in [0, 0.05) is 41.7 Å². The van der Waals surface area contributed by atoms with E-state index >= 15 is 0 Å². The number of amides is 1. The van der Waals surface area contributed by atoms with Crippen molar-refractivity contribution in [3.05, 3.63) is 40.1 Å². The van der Waals surface area contributed by atoms with Crippen molar-refractivity contribution in [2.75, 3.05) is 20.1 Å². The van der Waals surface area contributed by atoms with Gasteiger partial charge in [0.1, 0.15) is 11.3 Å². The van der Waals surface area contributed by atoms with Crippen molar-refractivity contribution in [2.45, 2.75) is 19.9 Å². The zero-order valence-corrected chi connectivity index (χ0v) is 13.5. The molecule has 116 valence electrons. The summed E-state index contributed by atoms with van der Waals surface area (Å²) in [7, 11) is 2.08. The van der Waals surface area contributed by atoms with Crippen molar-refractivity contribution in [1.82, 2.24) is 10.2 Å². The zero-order chi connectivity index (χ0) is 15.7. The lowest BCUT2D eigenvalue weighted by atomic mass is 10.0. The van der Waals surface area contributed by atoms with E-state index in [1.807, 2.05) is 19.1 Å². The van der Waals surface area contributed by atoms with Gasteiger partial charge in [-0.2, -0.15) is 0 Å². The van der Waals surface area contributed by atoms with Crippen LogP contribution in [0, 0.1) is 0 Å². The predicted octanol–water partition coefficient (Wildman–Crippen LogP) is 3.22. The first-order valence-electron chi connectivity index (χ1n) is 7.47. The molecule has 1 aliphatic rings. The molecule has 0 bridgehead atoms. The topological polar surface area (TPSA) is 45.5 Å². The molecule has 1 N–H and O–H groups in total. The summed E-state index contributed by atoms with van der Waals surface area (Å²) in [5.74, 6) is 0.619. The quantitative estimate of drug-likeness (QED) is 0.884. The fourth-order valence-corrected chi connectivity index (χ4v) is 3.14. The maximum Gasteiger partial charge on any atom is 0.244 e. The molecule has 0 atom stereocenters. The minimum absolute atomic E-state index is 0.115. The van der Waals surface area contributed by atoms with Crippen LogP contribution in [0.1, 0.15) is 23.8 Å². The molecular formula is C17H19ClN2O2. The molecule has 3 rings (SSSR count). The number of carbonyl (C=O) groups is 1. The first-order chi connectivity index (χ1) is 10.6. The Bertz CT molecular complexity index is 749. The minimum atomic E-state index is -0.115. The van der Waals surface area contributed by atoms with Gasteiger partial charge in [-0.15, -0.1) is 0 Å². The van der Waals surface area contributed by atoms with E-state index in [4.69, 9.17) is 16.0 Å². The van der Waals surface area contributed by atoms with Gasteiger partial charge in [0.05, 0.1) is 0 Å². The average molecular weight is 319 g/mol. The number of hydrogen-bond donors (Lipinski definition) is 1. The van der Waals surface area contributed by atoms with Gasteiger partial charge >= 0.3 is 0 Å². The lowest BCUT2D eigenvalue weighted by Gasteiger charge is -2.12. The highest BCUT2D eigenvalue weighted by molar-refractivity contribution is 6.32. The van der Waals surface area contributed by atoms with Crippen LogP contribution in [0.25, 0.3) is 17.0 Å². The van der Waals surface area contributed by atoms with Crippen molar-refractivity contribution in [1.29, 1.82) is 0 Å². The van der Waals surface area contributed by atoms with Crippen LogP contribution in [0.15, 0.2) is 22.6 Å². The van der Waals surface area contributed by atoms with Crippen molar-refractivity contribution in [2.24, 2.45) is 0 Å². The van der Waals surface area contributed by atoms with E-state index in [1.165, 1.54) is 6.08 Å². The molecule has 0 saturated heterocycles. The summed E-state index contributed by atoms with van der Waals surface area (Å²) in [5, 5.41) is 4.63. The molecule has 1 aromatic heterocycles. The highest BCUT2D eigenvalue weighted by Gasteiger charge is 2.22. The van der Waals surface area contributed by atoms with Crippen LogP contribution in [-0.4, -0.2) is 30.9 Å². The Labute approximate surface area is 134 Å². The summed E-state index contributed by atoms with van der Waals surface area (Å²) in [5.41, 5.74) is 3.08. The number of hydrogen-bond acceptors (Lipinski definition) is 3. The minimum Gasteiger partial charge on any atom is -0.456 e. The second kappa shape index (κ2) is 6.15. The van der Waals surface area contributed by atoms with Crippen LogP contribution in [-0.2, 0) is 17.8 Å². The maximum atomic E-state index is 11.6. The average Bonchev–Trinajstić information content (AvgIpc) is 2.71. The van der Waals surface area contributed by atoms with Gasteiger partial charge in [-0.25, -0.2) is 0 Å². The van der Waals surface area contributed by atoms with Gasteiger partial charge in [0.25, 0.3) is 0 Å². The maximum absolute atomic E-state index is 11.6. The molecule has 0 aliphatic carbocycles. The van der Waals surface area contributed by atoms with E-state index in [0.717, 1.165) is 52.4 Å². The molecule has 2 aromatic rings. The number of furan rings is 1. The number of likely N-dealkylation sites (N-methyl/N-ethyl adjacent to an activating group) is 2. The summed E-state index contributed by atoms with van der Waals surface area (Å²) in [4.78, 5) is 13.9. The molecule has 0 fully saturated rings. The lowest BCUT2D eigenvalue weighted by molar-refractivity contribution is -0.116. The fourth-order valence-electron chi connectivity index (χ4n) is 2.89. The zero-order valence-electron chi connectivity index (χ0n) is 12.8. The Morgan fingerprint density at radius 3 is 3.05 bits per heavy atom. The molecule has 0 unspecified atom stereocenters. The largest absolute Gasteiger partial charge is 0.456 e. The Morgan fingerprint density at radius 2 is 2.27 bits per heavy atom. The third kappa shape index (κ3) is 2.76. The van der Waals surface area contributed by atoms with Crippen molar-refractivity contribution in [3.63, 3.8) is 0 Å². The molecule has 5 heteroatoms. The number of benzene rings is 1. The van der Waals surface area contributed by atoms with E-state index in [0.29, 0.717) is 6.54 Å². The van der Waals surface area contributed by atoms with Crippen LogP contribution in [0.2, 0.25) is 5.02 Å². The molecule has 1 aromatic carbocycles. The normalized spacial score (nSPS) is 15.4. The van der Waals surface area contributed by atoms with Crippen LogP contribution >= 0.6 is 11.6 Å². The molecule has 4 nitrogen and oxygen atoms in total. The summed E-state index contributed by atoms with van der Waals surface area (Å²) in [6.45, 7) is 4.24. The lowest BCUT2D eigenvalue weighted by Crippen LogP contribution is -2.20. The molecule has 1 amide bonds. The van der Waals surface area contributed by atoms with Crippen LogP contribution in [0.4, 0.5) is 0 Å².